The Hall–Kier alpha value is -1.45. The summed E-state index contributed by atoms with van der Waals surface area (Å²) in [6.45, 7) is 0. The molecule has 0 bridgehead atoms. The maximum Gasteiger partial charge on any atom is 0.238 e. The molecule has 0 spiro atoms. The van der Waals surface area contributed by atoms with Gasteiger partial charge >= 0.3 is 0 Å². The first-order chi connectivity index (χ1) is 6.45. The van der Waals surface area contributed by atoms with E-state index in [1.165, 1.54) is 12.1 Å². The maximum absolute atomic E-state index is 13.1. The molecule has 1 aromatic carbocycles. The molecule has 6 heteroatoms. The second-order valence-corrected chi connectivity index (χ2v) is 4.19. The van der Waals surface area contributed by atoms with E-state index in [1.807, 2.05) is 0 Å². The lowest BCUT2D eigenvalue weighted by Gasteiger charge is -2.01. The molecule has 0 saturated heterocycles. The molecule has 0 aliphatic heterocycles. The van der Waals surface area contributed by atoms with Gasteiger partial charge in [-0.05, 0) is 12.1 Å². The topological polar surface area (TPSA) is 83.9 Å². The summed E-state index contributed by atoms with van der Waals surface area (Å²) in [6, 6.07) is 4.98. The summed E-state index contributed by atoms with van der Waals surface area (Å²) in [4.78, 5) is -0.295. The van der Waals surface area contributed by atoms with Crippen LogP contribution in [0.1, 0.15) is 5.56 Å². The van der Waals surface area contributed by atoms with Crippen LogP contribution in [0.4, 0.5) is 4.39 Å². The van der Waals surface area contributed by atoms with E-state index in [1.54, 1.807) is 6.07 Å². The molecule has 0 fully saturated rings. The third kappa shape index (κ3) is 2.28. The molecule has 0 aliphatic rings. The first-order valence-corrected chi connectivity index (χ1v) is 5.18. The summed E-state index contributed by atoms with van der Waals surface area (Å²) < 4.78 is 34.7. The van der Waals surface area contributed by atoms with Crippen LogP contribution in [-0.2, 0) is 16.4 Å². The van der Waals surface area contributed by atoms with Gasteiger partial charge in [0.25, 0.3) is 0 Å². The molecule has 0 aliphatic carbocycles. The standard InChI is InChI=1S/C8H7FN2O2S/c9-8-5-7(14(11,12)13)2-1-6(8)3-4-10/h1-2,5H,3H2,(H2,11,12,13). The Kier molecular flexibility index (Phi) is 2.84. The molecular weight excluding hydrogens is 207 g/mol. The SMILES string of the molecule is N#CCc1ccc(S(N)(=O)=O)cc1F. The van der Waals surface area contributed by atoms with Gasteiger partial charge in [-0.25, -0.2) is 17.9 Å². The summed E-state index contributed by atoms with van der Waals surface area (Å²) >= 11 is 0. The predicted octanol–water partition coefficient (Wildman–Crippen LogP) is 0.539. The van der Waals surface area contributed by atoms with E-state index in [2.05, 4.69) is 0 Å². The van der Waals surface area contributed by atoms with Gasteiger partial charge in [0.1, 0.15) is 5.82 Å². The number of hydrogen-bond donors (Lipinski definition) is 1. The molecule has 74 valence electrons. The van der Waals surface area contributed by atoms with Gasteiger partial charge in [-0.3, -0.25) is 0 Å². The zero-order valence-electron chi connectivity index (χ0n) is 7.07. The molecule has 0 heterocycles. The smallest absolute Gasteiger partial charge is 0.225 e. The van der Waals surface area contributed by atoms with Crippen molar-refractivity contribution >= 4 is 10.0 Å². The van der Waals surface area contributed by atoms with Crippen molar-refractivity contribution in [2.45, 2.75) is 11.3 Å². The molecule has 2 N–H and O–H groups in total. The molecule has 0 amide bonds. The molecule has 0 saturated carbocycles. The maximum atomic E-state index is 13.1. The van der Waals surface area contributed by atoms with Crippen molar-refractivity contribution in [3.8, 4) is 6.07 Å². The largest absolute Gasteiger partial charge is 0.238 e. The molecule has 4 nitrogen and oxygen atoms in total. The lowest BCUT2D eigenvalue weighted by molar-refractivity contribution is 0.589. The normalized spacial score (nSPS) is 10.9. The van der Waals surface area contributed by atoms with E-state index in [9.17, 15) is 12.8 Å². The fourth-order valence-electron chi connectivity index (χ4n) is 0.934. The van der Waals surface area contributed by atoms with Crippen LogP contribution >= 0.6 is 0 Å². The highest BCUT2D eigenvalue weighted by Gasteiger charge is 2.10. The Bertz CT molecular complexity index is 491. The number of hydrogen-bond acceptors (Lipinski definition) is 3. The highest BCUT2D eigenvalue weighted by molar-refractivity contribution is 7.89. The van der Waals surface area contributed by atoms with Crippen LogP contribution in [0, 0.1) is 17.1 Å². The van der Waals surface area contributed by atoms with E-state index in [0.717, 1.165) is 6.07 Å². The monoisotopic (exact) mass is 214 g/mol. The van der Waals surface area contributed by atoms with E-state index >= 15 is 0 Å². The average molecular weight is 214 g/mol. The van der Waals surface area contributed by atoms with E-state index in [-0.39, 0.29) is 16.9 Å². The van der Waals surface area contributed by atoms with Gasteiger partial charge in [0.2, 0.25) is 10.0 Å². The van der Waals surface area contributed by atoms with Crippen LogP contribution in [-0.4, -0.2) is 8.42 Å². The molecule has 0 atom stereocenters. The van der Waals surface area contributed by atoms with Crippen molar-refractivity contribution in [1.82, 2.24) is 0 Å². The van der Waals surface area contributed by atoms with E-state index in [0.29, 0.717) is 0 Å². The number of sulfonamides is 1. The number of nitrogens with zero attached hydrogens (tertiary/aromatic N) is 1. The number of rotatable bonds is 2. The number of halogens is 1. The van der Waals surface area contributed by atoms with Gasteiger partial charge in [-0.15, -0.1) is 0 Å². The number of nitriles is 1. The summed E-state index contributed by atoms with van der Waals surface area (Å²) in [5, 5.41) is 13.1. The van der Waals surface area contributed by atoms with Crippen molar-refractivity contribution in [3.05, 3.63) is 29.6 Å². The molecule has 0 radical (unpaired) electrons. The molecule has 1 aromatic rings. The molecule has 0 aromatic heterocycles. The minimum Gasteiger partial charge on any atom is -0.225 e. The van der Waals surface area contributed by atoms with E-state index < -0.39 is 15.8 Å². The average Bonchev–Trinajstić information content (AvgIpc) is 2.07. The first kappa shape index (κ1) is 10.6. The van der Waals surface area contributed by atoms with Crippen LogP contribution in [0.2, 0.25) is 0 Å². The minimum atomic E-state index is -3.88. The number of benzene rings is 1. The molecule has 1 rings (SSSR count). The second kappa shape index (κ2) is 3.74. The van der Waals surface area contributed by atoms with Gasteiger partial charge in [0.15, 0.2) is 0 Å². The van der Waals surface area contributed by atoms with Gasteiger partial charge < -0.3 is 0 Å². The summed E-state index contributed by atoms with van der Waals surface area (Å²) in [7, 11) is -3.88. The zero-order valence-corrected chi connectivity index (χ0v) is 7.88. The van der Waals surface area contributed by atoms with Crippen LogP contribution < -0.4 is 5.14 Å². The Morgan fingerprint density at radius 1 is 1.50 bits per heavy atom. The van der Waals surface area contributed by atoms with Gasteiger partial charge in [0.05, 0.1) is 17.4 Å². The fraction of sp³-hybridized carbons (Fsp3) is 0.125. The van der Waals surface area contributed by atoms with Crippen LogP contribution in [0.3, 0.4) is 0 Å². The van der Waals surface area contributed by atoms with E-state index in [4.69, 9.17) is 10.4 Å². The third-order valence-corrected chi connectivity index (χ3v) is 2.53. The van der Waals surface area contributed by atoms with Gasteiger partial charge in [-0.1, -0.05) is 6.07 Å². The quantitative estimate of drug-likeness (QED) is 0.779. The Morgan fingerprint density at radius 3 is 2.57 bits per heavy atom. The van der Waals surface area contributed by atoms with Crippen molar-refractivity contribution in [2.24, 2.45) is 5.14 Å². The zero-order chi connectivity index (χ0) is 10.8. The second-order valence-electron chi connectivity index (χ2n) is 2.63. The fourth-order valence-corrected chi connectivity index (χ4v) is 1.46. The summed E-state index contributed by atoms with van der Waals surface area (Å²) in [6.07, 6.45) is -0.100. The number of primary sulfonamides is 1. The molecule has 0 unspecified atom stereocenters. The number of nitrogens with two attached hydrogens (primary N) is 1. The Morgan fingerprint density at radius 2 is 2.14 bits per heavy atom. The highest BCUT2D eigenvalue weighted by Crippen LogP contribution is 2.13. The molecule has 14 heavy (non-hydrogen) atoms. The Labute approximate surface area is 80.8 Å². The summed E-state index contributed by atoms with van der Waals surface area (Å²) in [5.74, 6) is -0.738. The van der Waals surface area contributed by atoms with Crippen molar-refractivity contribution < 1.29 is 12.8 Å². The third-order valence-electron chi connectivity index (χ3n) is 1.62. The van der Waals surface area contributed by atoms with Gasteiger partial charge in [-0.2, -0.15) is 5.26 Å². The lowest BCUT2D eigenvalue weighted by atomic mass is 10.1. The summed E-state index contributed by atoms with van der Waals surface area (Å²) in [5.41, 5.74) is 0.153. The van der Waals surface area contributed by atoms with Crippen molar-refractivity contribution in [2.75, 3.05) is 0 Å². The highest BCUT2D eigenvalue weighted by atomic mass is 32.2. The lowest BCUT2D eigenvalue weighted by Crippen LogP contribution is -2.12. The van der Waals surface area contributed by atoms with Crippen LogP contribution in [0.15, 0.2) is 23.1 Å². The minimum absolute atomic E-state index is 0.100. The first-order valence-electron chi connectivity index (χ1n) is 3.63. The van der Waals surface area contributed by atoms with Crippen molar-refractivity contribution in [1.29, 1.82) is 5.26 Å². The molecular formula is C8H7FN2O2S. The van der Waals surface area contributed by atoms with Crippen molar-refractivity contribution in [3.63, 3.8) is 0 Å². The van der Waals surface area contributed by atoms with Gasteiger partial charge in [0, 0.05) is 5.56 Å². The predicted molar refractivity (Wildman–Crippen MR) is 47.1 cm³/mol. The Balaban J connectivity index is 3.21. The van der Waals surface area contributed by atoms with Crippen LogP contribution in [0.25, 0.3) is 0 Å². The van der Waals surface area contributed by atoms with Crippen LogP contribution in [0.5, 0.6) is 0 Å².